The zero-order valence-corrected chi connectivity index (χ0v) is 22.5. The number of hydrogen-bond donors (Lipinski definition) is 2. The van der Waals surface area contributed by atoms with Crippen LogP contribution in [0.25, 0.3) is 0 Å². The highest BCUT2D eigenvalue weighted by molar-refractivity contribution is 6.02. The van der Waals surface area contributed by atoms with Crippen LogP contribution < -0.4 is 10.6 Å². The van der Waals surface area contributed by atoms with Crippen LogP contribution in [-0.2, 0) is 0 Å². The summed E-state index contributed by atoms with van der Waals surface area (Å²) in [7, 11) is 0. The van der Waals surface area contributed by atoms with Crippen LogP contribution in [0.2, 0.25) is 0 Å². The summed E-state index contributed by atoms with van der Waals surface area (Å²) in [5.41, 5.74) is 4.95. The minimum atomic E-state index is -0.304. The number of likely N-dealkylation sites (tertiary alicyclic amines) is 1. The Hall–Kier alpha value is -3.12. The van der Waals surface area contributed by atoms with Gasteiger partial charge in [0.1, 0.15) is 0 Å². The van der Waals surface area contributed by atoms with Crippen molar-refractivity contribution in [2.75, 3.05) is 39.3 Å². The van der Waals surface area contributed by atoms with E-state index in [0.29, 0.717) is 19.1 Å². The number of benzene rings is 3. The minimum Gasteiger partial charge on any atom is -0.314 e. The number of hydrogen-bond acceptors (Lipinski definition) is 5. The number of aryl methyl sites for hydroxylation is 1. The van der Waals surface area contributed by atoms with Crippen molar-refractivity contribution in [3.63, 3.8) is 0 Å². The fourth-order valence-corrected chi connectivity index (χ4v) is 6.27. The molecule has 0 saturated carbocycles. The first kappa shape index (κ1) is 26.5. The van der Waals surface area contributed by atoms with E-state index in [0.717, 1.165) is 49.3 Å². The molecule has 0 aliphatic carbocycles. The highest BCUT2D eigenvalue weighted by Gasteiger charge is 2.45. The van der Waals surface area contributed by atoms with Gasteiger partial charge in [0.2, 0.25) is 0 Å². The van der Waals surface area contributed by atoms with Gasteiger partial charge >= 0.3 is 0 Å². The Morgan fingerprint density at radius 2 is 1.39 bits per heavy atom. The average Bonchev–Trinajstić information content (AvgIpc) is 2.98. The largest absolute Gasteiger partial charge is 0.314 e. The molecule has 5 nitrogen and oxygen atoms in total. The van der Waals surface area contributed by atoms with Gasteiger partial charge in [0.25, 0.3) is 0 Å². The van der Waals surface area contributed by atoms with Gasteiger partial charge in [-0.3, -0.25) is 9.59 Å². The molecule has 2 fully saturated rings. The molecular weight excluding hydrogens is 470 g/mol. The maximum absolute atomic E-state index is 14.2. The van der Waals surface area contributed by atoms with Crippen LogP contribution in [-0.4, -0.2) is 61.8 Å². The van der Waals surface area contributed by atoms with Crippen molar-refractivity contribution in [1.82, 2.24) is 15.5 Å². The first-order valence-electron chi connectivity index (χ1n) is 13.9. The van der Waals surface area contributed by atoms with Crippen LogP contribution >= 0.6 is 0 Å². The monoisotopic (exact) mass is 509 g/mol. The molecule has 2 aliphatic rings. The molecular formula is C33H39N3O2. The number of Topliss-reactive ketones (excluding diaryl/α,β-unsaturated/α-hetero) is 2. The number of nitrogens with zero attached hydrogens (tertiary/aromatic N) is 1. The standard InChI is InChI=1S/C33H39N3O2/c1-23-10-9-15-28(24(23)2)31-29(32(37)25-11-5-3-6-12-25)21-36(19-16-27-20-34-17-18-35-27)22-30(31)33(38)26-13-7-4-8-14-26/h3-15,27,29-31,34-35H,16-22H2,1-2H3/t27?,29-,30+,31?. The van der Waals surface area contributed by atoms with Crippen LogP contribution in [0.5, 0.6) is 0 Å². The van der Waals surface area contributed by atoms with E-state index in [2.05, 4.69) is 47.6 Å². The lowest BCUT2D eigenvalue weighted by Crippen LogP contribution is -2.53. The lowest BCUT2D eigenvalue weighted by atomic mass is 9.67. The maximum Gasteiger partial charge on any atom is 0.167 e. The van der Waals surface area contributed by atoms with E-state index in [-0.39, 0.29) is 29.3 Å². The van der Waals surface area contributed by atoms with Gasteiger partial charge in [-0.2, -0.15) is 0 Å². The van der Waals surface area contributed by atoms with Gasteiger partial charge in [-0.05, 0) is 43.5 Å². The second kappa shape index (κ2) is 12.2. The van der Waals surface area contributed by atoms with E-state index in [1.807, 2.05) is 60.7 Å². The third kappa shape index (κ3) is 5.80. The minimum absolute atomic E-state index is 0.129. The molecule has 0 amide bonds. The lowest BCUT2D eigenvalue weighted by Gasteiger charge is -2.44. The van der Waals surface area contributed by atoms with Gasteiger partial charge in [-0.25, -0.2) is 0 Å². The Kier molecular flexibility index (Phi) is 8.48. The van der Waals surface area contributed by atoms with Crippen molar-refractivity contribution in [2.24, 2.45) is 11.8 Å². The molecule has 3 aromatic rings. The molecule has 0 spiro atoms. The van der Waals surface area contributed by atoms with Crippen LogP contribution in [0.15, 0.2) is 78.9 Å². The summed E-state index contributed by atoms with van der Waals surface area (Å²) in [5.74, 6) is -0.529. The highest BCUT2D eigenvalue weighted by Crippen LogP contribution is 2.42. The summed E-state index contributed by atoms with van der Waals surface area (Å²) in [6.45, 7) is 9.35. The zero-order valence-electron chi connectivity index (χ0n) is 22.5. The topological polar surface area (TPSA) is 61.4 Å². The van der Waals surface area contributed by atoms with Crippen molar-refractivity contribution in [2.45, 2.75) is 32.2 Å². The molecule has 198 valence electrons. The second-order valence-corrected chi connectivity index (χ2v) is 10.9. The van der Waals surface area contributed by atoms with Gasteiger partial charge in [-0.1, -0.05) is 78.9 Å². The quantitative estimate of drug-likeness (QED) is 0.433. The molecule has 3 aromatic carbocycles. The Morgan fingerprint density at radius 1 is 0.789 bits per heavy atom. The maximum atomic E-state index is 14.2. The number of ketones is 2. The molecule has 5 rings (SSSR count). The van der Waals surface area contributed by atoms with E-state index in [4.69, 9.17) is 0 Å². The van der Waals surface area contributed by atoms with E-state index in [1.165, 1.54) is 11.1 Å². The van der Waals surface area contributed by atoms with Crippen LogP contribution in [0.4, 0.5) is 0 Å². The van der Waals surface area contributed by atoms with Gasteiger partial charge < -0.3 is 15.5 Å². The van der Waals surface area contributed by atoms with Gasteiger partial charge in [0.15, 0.2) is 11.6 Å². The Labute approximate surface area is 226 Å². The molecule has 2 unspecified atom stereocenters. The van der Waals surface area contributed by atoms with Crippen molar-refractivity contribution >= 4 is 11.6 Å². The van der Waals surface area contributed by atoms with Crippen molar-refractivity contribution < 1.29 is 9.59 Å². The van der Waals surface area contributed by atoms with E-state index < -0.39 is 0 Å². The summed E-state index contributed by atoms with van der Waals surface area (Å²) in [4.78, 5) is 30.7. The second-order valence-electron chi connectivity index (χ2n) is 10.9. The Balaban J connectivity index is 1.54. The van der Waals surface area contributed by atoms with E-state index >= 15 is 0 Å². The summed E-state index contributed by atoms with van der Waals surface area (Å²) >= 11 is 0. The van der Waals surface area contributed by atoms with Crippen molar-refractivity contribution in [3.8, 4) is 0 Å². The number of piperidine rings is 1. The number of carbonyl (C=O) groups is 2. The first-order valence-corrected chi connectivity index (χ1v) is 13.9. The van der Waals surface area contributed by atoms with Crippen LogP contribution in [0.1, 0.15) is 49.7 Å². The summed E-state index contributed by atoms with van der Waals surface area (Å²) in [6.07, 6.45) is 0.986. The van der Waals surface area contributed by atoms with Crippen LogP contribution in [0.3, 0.4) is 0 Å². The molecule has 2 heterocycles. The predicted molar refractivity (Wildman–Crippen MR) is 153 cm³/mol. The zero-order chi connectivity index (χ0) is 26.5. The molecule has 2 aliphatic heterocycles. The average molecular weight is 510 g/mol. The molecule has 0 bridgehead atoms. The summed E-state index contributed by atoms with van der Waals surface area (Å²) < 4.78 is 0. The Morgan fingerprint density at radius 3 is 1.95 bits per heavy atom. The predicted octanol–water partition coefficient (Wildman–Crippen LogP) is 4.65. The smallest absolute Gasteiger partial charge is 0.167 e. The normalized spacial score (nSPS) is 24.2. The fraction of sp³-hybridized carbons (Fsp3) is 0.394. The molecule has 2 N–H and O–H groups in total. The molecule has 0 radical (unpaired) electrons. The SMILES string of the molecule is Cc1cccc(C2[C@@H](C(=O)c3ccccc3)CN(CCC3CNCCN3)C[C@H]2C(=O)c2ccccc2)c1C. The van der Waals surface area contributed by atoms with Gasteiger partial charge in [0, 0.05) is 67.6 Å². The number of nitrogens with one attached hydrogen (secondary N) is 2. The fourth-order valence-electron chi connectivity index (χ4n) is 6.27. The summed E-state index contributed by atoms with van der Waals surface area (Å²) in [6, 6.07) is 26.0. The molecule has 0 aromatic heterocycles. The first-order chi connectivity index (χ1) is 18.5. The number of rotatable bonds is 8. The van der Waals surface area contributed by atoms with Gasteiger partial charge in [0.05, 0.1) is 0 Å². The lowest BCUT2D eigenvalue weighted by molar-refractivity contribution is 0.0562. The molecule has 2 saturated heterocycles. The third-order valence-corrected chi connectivity index (χ3v) is 8.49. The number of carbonyl (C=O) groups excluding carboxylic acids is 2. The van der Waals surface area contributed by atoms with Gasteiger partial charge in [-0.15, -0.1) is 0 Å². The molecule has 4 atom stereocenters. The van der Waals surface area contributed by atoms with E-state index in [1.54, 1.807) is 0 Å². The van der Waals surface area contributed by atoms with Crippen LogP contribution in [0, 0.1) is 25.7 Å². The summed E-state index contributed by atoms with van der Waals surface area (Å²) in [5, 5.41) is 7.07. The highest BCUT2D eigenvalue weighted by atomic mass is 16.1. The Bertz CT molecular complexity index is 1180. The third-order valence-electron chi connectivity index (χ3n) is 8.49. The number of piperazine rings is 1. The van der Waals surface area contributed by atoms with Crippen molar-refractivity contribution in [3.05, 3.63) is 107 Å². The van der Waals surface area contributed by atoms with E-state index in [9.17, 15) is 9.59 Å². The molecule has 5 heteroatoms. The molecule has 38 heavy (non-hydrogen) atoms. The van der Waals surface area contributed by atoms with Crippen molar-refractivity contribution in [1.29, 1.82) is 0 Å².